The number of urea groups is 1. The van der Waals surface area contributed by atoms with Crippen molar-refractivity contribution in [2.45, 2.75) is 6.92 Å². The van der Waals surface area contributed by atoms with Crippen molar-refractivity contribution >= 4 is 29.1 Å². The molecule has 1 aromatic heterocycles. The maximum atomic E-state index is 12.2. The fourth-order valence-electron chi connectivity index (χ4n) is 2.56. The van der Waals surface area contributed by atoms with Crippen molar-refractivity contribution in [1.29, 1.82) is 0 Å². The minimum absolute atomic E-state index is 0.104. The molecular weight excluding hydrogens is 366 g/mol. The molecule has 2 amide bonds. The fraction of sp³-hybridized carbons (Fsp3) is 0.0476. The Morgan fingerprint density at radius 1 is 0.862 bits per heavy atom. The van der Waals surface area contributed by atoms with Gasteiger partial charge in [0.25, 0.3) is 0 Å². The van der Waals surface area contributed by atoms with Crippen LogP contribution in [-0.4, -0.2) is 22.7 Å². The summed E-state index contributed by atoms with van der Waals surface area (Å²) >= 11 is 0. The first-order chi connectivity index (χ1) is 14.0. The van der Waals surface area contributed by atoms with Gasteiger partial charge in [0.1, 0.15) is 0 Å². The highest BCUT2D eigenvalue weighted by Gasteiger charge is 2.05. The maximum absolute atomic E-state index is 12.2. The molecule has 0 bridgehead atoms. The Morgan fingerprint density at radius 3 is 2.03 bits per heavy atom. The van der Waals surface area contributed by atoms with Crippen LogP contribution in [0.3, 0.4) is 0 Å². The summed E-state index contributed by atoms with van der Waals surface area (Å²) in [6.45, 7) is 1.79. The third-order valence-electron chi connectivity index (χ3n) is 4.01. The van der Waals surface area contributed by atoms with E-state index >= 15 is 0 Å². The van der Waals surface area contributed by atoms with Crippen LogP contribution in [0.1, 0.15) is 12.5 Å². The molecule has 8 nitrogen and oxygen atoms in total. The second kappa shape index (κ2) is 9.14. The standard InChI is InChI=1S/C21H21N7O/c1-14(27-28-20(22)23)15-4-8-18(9-5-15)25-21(29)26-19-10-6-16(7-11-19)17-3-2-12-24-13-17/h2-13H,1H3,(H4,22,23,28)(H2,25,26,29)/b27-14+. The van der Waals surface area contributed by atoms with E-state index < -0.39 is 0 Å². The molecule has 0 saturated heterocycles. The molecule has 29 heavy (non-hydrogen) atoms. The summed E-state index contributed by atoms with van der Waals surface area (Å²) in [6.07, 6.45) is 3.52. The van der Waals surface area contributed by atoms with E-state index in [1.54, 1.807) is 31.5 Å². The van der Waals surface area contributed by atoms with Gasteiger partial charge in [-0.05, 0) is 53.9 Å². The van der Waals surface area contributed by atoms with E-state index in [0.717, 1.165) is 16.7 Å². The lowest BCUT2D eigenvalue weighted by molar-refractivity contribution is 0.262. The minimum Gasteiger partial charge on any atom is -0.369 e. The van der Waals surface area contributed by atoms with Crippen LogP contribution in [0, 0.1) is 0 Å². The monoisotopic (exact) mass is 387 g/mol. The fourth-order valence-corrected chi connectivity index (χ4v) is 2.56. The highest BCUT2D eigenvalue weighted by atomic mass is 16.2. The number of nitrogens with one attached hydrogen (secondary N) is 2. The van der Waals surface area contributed by atoms with Crippen LogP contribution in [0.4, 0.5) is 16.2 Å². The average Bonchev–Trinajstić information content (AvgIpc) is 2.73. The highest BCUT2D eigenvalue weighted by Crippen LogP contribution is 2.20. The maximum Gasteiger partial charge on any atom is 0.323 e. The van der Waals surface area contributed by atoms with E-state index in [1.807, 2.05) is 48.5 Å². The minimum atomic E-state index is -0.335. The second-order valence-electron chi connectivity index (χ2n) is 6.19. The molecule has 146 valence electrons. The van der Waals surface area contributed by atoms with E-state index in [-0.39, 0.29) is 12.0 Å². The van der Waals surface area contributed by atoms with E-state index in [0.29, 0.717) is 17.1 Å². The molecule has 0 fully saturated rings. The Morgan fingerprint density at radius 2 is 1.48 bits per heavy atom. The molecule has 0 unspecified atom stereocenters. The van der Waals surface area contributed by atoms with E-state index in [2.05, 4.69) is 25.8 Å². The molecule has 6 N–H and O–H groups in total. The lowest BCUT2D eigenvalue weighted by atomic mass is 10.1. The molecule has 2 aromatic carbocycles. The lowest BCUT2D eigenvalue weighted by Gasteiger charge is -2.09. The van der Waals surface area contributed by atoms with Gasteiger partial charge >= 0.3 is 6.03 Å². The molecule has 3 rings (SSSR count). The number of guanidine groups is 1. The number of nitrogens with two attached hydrogens (primary N) is 2. The van der Waals surface area contributed by atoms with Crippen LogP contribution in [-0.2, 0) is 0 Å². The quantitative estimate of drug-likeness (QED) is 0.303. The van der Waals surface area contributed by atoms with Crippen molar-refractivity contribution in [3.05, 3.63) is 78.6 Å². The van der Waals surface area contributed by atoms with Gasteiger partial charge in [-0.1, -0.05) is 30.3 Å². The molecule has 0 aliphatic carbocycles. The lowest BCUT2D eigenvalue weighted by Crippen LogP contribution is -2.22. The number of nitrogens with zero attached hydrogens (tertiary/aromatic N) is 3. The molecule has 0 radical (unpaired) electrons. The Kier molecular flexibility index (Phi) is 6.16. The predicted molar refractivity (Wildman–Crippen MR) is 117 cm³/mol. The van der Waals surface area contributed by atoms with E-state index in [4.69, 9.17) is 11.5 Å². The van der Waals surface area contributed by atoms with Gasteiger partial charge in [-0.25, -0.2) is 4.79 Å². The van der Waals surface area contributed by atoms with Gasteiger partial charge in [0.2, 0.25) is 5.96 Å². The number of anilines is 2. The summed E-state index contributed by atoms with van der Waals surface area (Å²) < 4.78 is 0. The zero-order valence-corrected chi connectivity index (χ0v) is 15.8. The van der Waals surface area contributed by atoms with E-state index in [9.17, 15) is 4.79 Å². The van der Waals surface area contributed by atoms with Gasteiger partial charge in [-0.15, -0.1) is 5.10 Å². The van der Waals surface area contributed by atoms with Gasteiger partial charge in [-0.2, -0.15) is 5.10 Å². The first kappa shape index (κ1) is 19.6. The molecule has 0 atom stereocenters. The first-order valence-electron chi connectivity index (χ1n) is 8.83. The summed E-state index contributed by atoms with van der Waals surface area (Å²) in [6, 6.07) is 18.3. The first-order valence-corrected chi connectivity index (χ1v) is 8.83. The Bertz CT molecular complexity index is 1020. The van der Waals surface area contributed by atoms with Crippen LogP contribution in [0.25, 0.3) is 11.1 Å². The smallest absolute Gasteiger partial charge is 0.323 e. The number of hydrogen-bond acceptors (Lipinski definition) is 4. The van der Waals surface area contributed by atoms with Crippen LogP contribution in [0.2, 0.25) is 0 Å². The van der Waals surface area contributed by atoms with Crippen LogP contribution in [0.15, 0.2) is 83.3 Å². The topological polar surface area (TPSA) is 131 Å². The Balaban J connectivity index is 1.59. The Labute approximate surface area is 168 Å². The summed E-state index contributed by atoms with van der Waals surface area (Å²) in [5, 5.41) is 13.1. The summed E-state index contributed by atoms with van der Waals surface area (Å²) in [7, 11) is 0. The molecule has 0 aliphatic heterocycles. The number of pyridine rings is 1. The van der Waals surface area contributed by atoms with E-state index in [1.165, 1.54) is 0 Å². The van der Waals surface area contributed by atoms with Crippen LogP contribution < -0.4 is 22.1 Å². The molecule has 0 saturated carbocycles. The third kappa shape index (κ3) is 5.64. The number of hydrogen-bond donors (Lipinski definition) is 4. The van der Waals surface area contributed by atoms with Gasteiger partial charge in [0, 0.05) is 23.8 Å². The molecular formula is C21H21N7O. The normalized spacial score (nSPS) is 10.9. The average molecular weight is 387 g/mol. The summed E-state index contributed by atoms with van der Waals surface area (Å²) in [5.41, 5.74) is 15.4. The number of rotatable bonds is 5. The summed E-state index contributed by atoms with van der Waals surface area (Å²) in [4.78, 5) is 16.3. The number of aromatic nitrogens is 1. The number of benzene rings is 2. The van der Waals surface area contributed by atoms with Crippen molar-refractivity contribution in [2.24, 2.45) is 21.7 Å². The van der Waals surface area contributed by atoms with Crippen LogP contribution >= 0.6 is 0 Å². The predicted octanol–water partition coefficient (Wildman–Crippen LogP) is 3.39. The van der Waals surface area contributed by atoms with Crippen molar-refractivity contribution in [3.8, 4) is 11.1 Å². The van der Waals surface area contributed by atoms with Gasteiger partial charge in [-0.3, -0.25) is 4.98 Å². The SMILES string of the molecule is C/C(=N\N=C(N)N)c1ccc(NC(=O)Nc2ccc(-c3cccnc3)cc2)cc1. The van der Waals surface area contributed by atoms with Gasteiger partial charge in [0.15, 0.2) is 0 Å². The van der Waals surface area contributed by atoms with Gasteiger partial charge < -0.3 is 22.1 Å². The molecule has 0 spiro atoms. The number of carbonyl (C=O) groups excluding carboxylic acids is 1. The highest BCUT2D eigenvalue weighted by molar-refractivity contribution is 6.01. The zero-order chi connectivity index (χ0) is 20.6. The second-order valence-corrected chi connectivity index (χ2v) is 6.19. The number of carbonyl (C=O) groups is 1. The largest absolute Gasteiger partial charge is 0.369 e. The molecule has 8 heteroatoms. The van der Waals surface area contributed by atoms with Crippen molar-refractivity contribution in [1.82, 2.24) is 4.98 Å². The van der Waals surface area contributed by atoms with Crippen molar-refractivity contribution < 1.29 is 4.79 Å². The van der Waals surface area contributed by atoms with Crippen molar-refractivity contribution in [2.75, 3.05) is 10.6 Å². The van der Waals surface area contributed by atoms with Crippen LogP contribution in [0.5, 0.6) is 0 Å². The Hall–Kier alpha value is -4.20. The third-order valence-corrected chi connectivity index (χ3v) is 4.01. The van der Waals surface area contributed by atoms with Crippen molar-refractivity contribution in [3.63, 3.8) is 0 Å². The molecule has 3 aromatic rings. The molecule has 1 heterocycles. The van der Waals surface area contributed by atoms with Gasteiger partial charge in [0.05, 0.1) is 5.71 Å². The summed E-state index contributed by atoms with van der Waals surface area (Å²) in [5.74, 6) is -0.104. The molecule has 0 aliphatic rings. The number of amides is 2. The zero-order valence-electron chi connectivity index (χ0n) is 15.8.